The lowest BCUT2D eigenvalue weighted by Crippen LogP contribution is -2.65. The number of likely N-dealkylation sites (tertiary alicyclic amines) is 1. The smallest absolute Gasteiger partial charge is 0.117 e. The molecule has 0 saturated carbocycles. The lowest BCUT2D eigenvalue weighted by molar-refractivity contribution is -0.211. The Morgan fingerprint density at radius 3 is 2.60 bits per heavy atom. The fraction of sp³-hybridized carbons (Fsp3) is 1.00. The minimum absolute atomic E-state index is 0.0764. The molecule has 0 radical (unpaired) electrons. The maximum Gasteiger partial charge on any atom is 0.117 e. The van der Waals surface area contributed by atoms with E-state index in [9.17, 15) is 0 Å². The Morgan fingerprint density at radius 1 is 1.30 bits per heavy atom. The molecule has 0 aromatic rings. The van der Waals surface area contributed by atoms with Gasteiger partial charge in [0.15, 0.2) is 0 Å². The number of hydrogen-bond acceptors (Lipinski definition) is 3. The van der Waals surface area contributed by atoms with Crippen LogP contribution in [-0.4, -0.2) is 50.5 Å². The Labute approximate surface area is 60.9 Å². The van der Waals surface area contributed by atoms with Gasteiger partial charge in [0.1, 0.15) is 5.60 Å². The third kappa shape index (κ3) is 0.944. The van der Waals surface area contributed by atoms with Gasteiger partial charge in [0, 0.05) is 13.1 Å². The second-order valence-corrected chi connectivity index (χ2v) is 3.26. The normalized spacial score (nSPS) is 32.1. The van der Waals surface area contributed by atoms with E-state index >= 15 is 0 Å². The SMILES string of the molecule is CN1CC2(COCCO2)C1. The van der Waals surface area contributed by atoms with Gasteiger partial charge >= 0.3 is 0 Å². The Balaban J connectivity index is 1.90. The van der Waals surface area contributed by atoms with Crippen molar-refractivity contribution in [3.8, 4) is 0 Å². The third-order valence-corrected chi connectivity index (χ3v) is 2.12. The van der Waals surface area contributed by atoms with Gasteiger partial charge in [-0.1, -0.05) is 0 Å². The molecule has 3 heteroatoms. The van der Waals surface area contributed by atoms with Crippen LogP contribution < -0.4 is 0 Å². The van der Waals surface area contributed by atoms with Crippen molar-refractivity contribution >= 4 is 0 Å². The van der Waals surface area contributed by atoms with E-state index in [-0.39, 0.29) is 5.60 Å². The molecule has 0 atom stereocenters. The second-order valence-electron chi connectivity index (χ2n) is 3.26. The van der Waals surface area contributed by atoms with Gasteiger partial charge in [-0.15, -0.1) is 0 Å². The number of nitrogens with zero attached hydrogens (tertiary/aromatic N) is 1. The van der Waals surface area contributed by atoms with E-state index in [1.165, 1.54) is 0 Å². The molecule has 0 bridgehead atoms. The highest BCUT2D eigenvalue weighted by Crippen LogP contribution is 2.25. The molecule has 2 fully saturated rings. The summed E-state index contributed by atoms with van der Waals surface area (Å²) in [6.07, 6.45) is 0. The minimum Gasteiger partial charge on any atom is -0.376 e. The van der Waals surface area contributed by atoms with Crippen molar-refractivity contribution < 1.29 is 9.47 Å². The first-order valence-electron chi connectivity index (χ1n) is 3.71. The number of hydrogen-bond donors (Lipinski definition) is 0. The van der Waals surface area contributed by atoms with E-state index in [1.807, 2.05) is 0 Å². The van der Waals surface area contributed by atoms with Crippen molar-refractivity contribution in [3.05, 3.63) is 0 Å². The maximum absolute atomic E-state index is 5.61. The summed E-state index contributed by atoms with van der Waals surface area (Å²) >= 11 is 0. The largest absolute Gasteiger partial charge is 0.376 e. The first-order chi connectivity index (χ1) is 4.81. The highest BCUT2D eigenvalue weighted by molar-refractivity contribution is 4.96. The van der Waals surface area contributed by atoms with Gasteiger partial charge in [0.05, 0.1) is 19.8 Å². The van der Waals surface area contributed by atoms with Crippen molar-refractivity contribution in [1.29, 1.82) is 0 Å². The zero-order valence-corrected chi connectivity index (χ0v) is 6.30. The van der Waals surface area contributed by atoms with Crippen LogP contribution in [0.4, 0.5) is 0 Å². The second kappa shape index (κ2) is 2.19. The van der Waals surface area contributed by atoms with Crippen molar-refractivity contribution in [2.75, 3.05) is 40.0 Å². The quantitative estimate of drug-likeness (QED) is 0.465. The topological polar surface area (TPSA) is 21.7 Å². The van der Waals surface area contributed by atoms with Crippen LogP contribution in [-0.2, 0) is 9.47 Å². The summed E-state index contributed by atoms with van der Waals surface area (Å²) in [6.45, 7) is 4.40. The van der Waals surface area contributed by atoms with Gasteiger partial charge in [-0.3, -0.25) is 0 Å². The summed E-state index contributed by atoms with van der Waals surface area (Å²) in [5, 5.41) is 0. The average Bonchev–Trinajstić information content (AvgIpc) is 1.87. The van der Waals surface area contributed by atoms with E-state index in [0.29, 0.717) is 0 Å². The van der Waals surface area contributed by atoms with E-state index in [2.05, 4.69) is 11.9 Å². The highest BCUT2D eigenvalue weighted by atomic mass is 16.6. The Hall–Kier alpha value is -0.120. The molecule has 0 N–H and O–H groups in total. The Bertz CT molecular complexity index is 116. The van der Waals surface area contributed by atoms with Crippen molar-refractivity contribution in [2.45, 2.75) is 5.60 Å². The predicted octanol–water partition coefficient (Wildman–Crippen LogP) is -0.283. The molecule has 2 saturated heterocycles. The molecule has 0 unspecified atom stereocenters. The van der Waals surface area contributed by atoms with Gasteiger partial charge in [0.25, 0.3) is 0 Å². The number of ether oxygens (including phenoxy) is 2. The van der Waals surface area contributed by atoms with Crippen LogP contribution in [0.2, 0.25) is 0 Å². The van der Waals surface area contributed by atoms with Crippen LogP contribution in [0.25, 0.3) is 0 Å². The molecular formula is C7H13NO2. The summed E-state index contributed by atoms with van der Waals surface area (Å²) in [7, 11) is 2.10. The number of likely N-dealkylation sites (N-methyl/N-ethyl adjacent to an activating group) is 1. The fourth-order valence-corrected chi connectivity index (χ4v) is 1.74. The molecule has 3 nitrogen and oxygen atoms in total. The molecule has 0 aromatic heterocycles. The van der Waals surface area contributed by atoms with Gasteiger partial charge in [0.2, 0.25) is 0 Å². The minimum atomic E-state index is 0.0764. The first kappa shape index (κ1) is 6.58. The third-order valence-electron chi connectivity index (χ3n) is 2.12. The zero-order chi connectivity index (χ0) is 7.03. The molecule has 0 amide bonds. The molecule has 2 heterocycles. The van der Waals surface area contributed by atoms with E-state index in [0.717, 1.165) is 32.9 Å². The van der Waals surface area contributed by atoms with Gasteiger partial charge in [-0.25, -0.2) is 0 Å². The van der Waals surface area contributed by atoms with Gasteiger partial charge in [-0.2, -0.15) is 0 Å². The van der Waals surface area contributed by atoms with Crippen LogP contribution in [0, 0.1) is 0 Å². The molecule has 2 aliphatic rings. The summed E-state index contributed by atoms with van der Waals surface area (Å²) in [6, 6.07) is 0. The molecule has 10 heavy (non-hydrogen) atoms. The Kier molecular flexibility index (Phi) is 1.44. The van der Waals surface area contributed by atoms with E-state index in [4.69, 9.17) is 9.47 Å². The van der Waals surface area contributed by atoms with E-state index in [1.54, 1.807) is 0 Å². The molecule has 0 aromatic carbocycles. The predicted molar refractivity (Wildman–Crippen MR) is 37.0 cm³/mol. The molecular weight excluding hydrogens is 130 g/mol. The van der Waals surface area contributed by atoms with Crippen molar-refractivity contribution in [2.24, 2.45) is 0 Å². The summed E-state index contributed by atoms with van der Waals surface area (Å²) in [5.74, 6) is 0. The Morgan fingerprint density at radius 2 is 2.10 bits per heavy atom. The summed E-state index contributed by atoms with van der Waals surface area (Å²) < 4.78 is 10.9. The molecule has 1 spiro atoms. The van der Waals surface area contributed by atoms with Crippen LogP contribution in [0.5, 0.6) is 0 Å². The van der Waals surface area contributed by atoms with Crippen LogP contribution in [0.1, 0.15) is 0 Å². The first-order valence-corrected chi connectivity index (χ1v) is 3.71. The fourth-order valence-electron chi connectivity index (χ4n) is 1.74. The van der Waals surface area contributed by atoms with Crippen molar-refractivity contribution in [3.63, 3.8) is 0 Å². The number of rotatable bonds is 0. The zero-order valence-electron chi connectivity index (χ0n) is 6.30. The summed E-state index contributed by atoms with van der Waals surface area (Å²) in [5.41, 5.74) is 0.0764. The average molecular weight is 143 g/mol. The lowest BCUT2D eigenvalue weighted by atomic mass is 9.95. The van der Waals surface area contributed by atoms with Gasteiger partial charge < -0.3 is 14.4 Å². The lowest BCUT2D eigenvalue weighted by Gasteiger charge is -2.49. The highest BCUT2D eigenvalue weighted by Gasteiger charge is 2.43. The monoisotopic (exact) mass is 143 g/mol. The van der Waals surface area contributed by atoms with Crippen LogP contribution in [0.3, 0.4) is 0 Å². The van der Waals surface area contributed by atoms with Crippen molar-refractivity contribution in [1.82, 2.24) is 4.90 Å². The van der Waals surface area contributed by atoms with Crippen LogP contribution >= 0.6 is 0 Å². The maximum atomic E-state index is 5.61. The molecule has 2 rings (SSSR count). The molecule has 58 valence electrons. The standard InChI is InChI=1S/C7H13NO2/c1-8-4-7(5-8)6-9-2-3-10-7/h2-6H2,1H3. The molecule has 2 aliphatic heterocycles. The van der Waals surface area contributed by atoms with Crippen LogP contribution in [0.15, 0.2) is 0 Å². The molecule has 0 aliphatic carbocycles. The van der Waals surface area contributed by atoms with Gasteiger partial charge in [-0.05, 0) is 7.05 Å². The summed E-state index contributed by atoms with van der Waals surface area (Å²) in [4.78, 5) is 2.24. The van der Waals surface area contributed by atoms with E-state index < -0.39 is 0 Å².